The lowest BCUT2D eigenvalue weighted by Crippen LogP contribution is -2.32. The molecule has 0 bridgehead atoms. The topological polar surface area (TPSA) is 58.1 Å². The molecular weight excluding hydrogens is 252 g/mol. The summed E-state index contributed by atoms with van der Waals surface area (Å²) in [6.07, 6.45) is 4.52. The zero-order valence-corrected chi connectivity index (χ0v) is 12.2. The van der Waals surface area contributed by atoms with Crippen molar-refractivity contribution < 1.29 is 4.79 Å². The van der Waals surface area contributed by atoms with Crippen molar-refractivity contribution in [1.82, 2.24) is 20.2 Å². The molecule has 1 aliphatic heterocycles. The molecule has 1 aromatic heterocycles. The van der Waals surface area contributed by atoms with Gasteiger partial charge in [0.1, 0.15) is 11.5 Å². The van der Waals surface area contributed by atoms with Gasteiger partial charge < -0.3 is 10.2 Å². The van der Waals surface area contributed by atoms with E-state index in [1.807, 2.05) is 13.0 Å². The summed E-state index contributed by atoms with van der Waals surface area (Å²) in [6, 6.07) is 2.25. The number of carbonyl (C=O) groups excluding carboxylic acids is 1. The van der Waals surface area contributed by atoms with Crippen molar-refractivity contribution >= 4 is 5.91 Å². The zero-order valence-electron chi connectivity index (χ0n) is 12.2. The van der Waals surface area contributed by atoms with Crippen molar-refractivity contribution in [2.45, 2.75) is 44.6 Å². The summed E-state index contributed by atoms with van der Waals surface area (Å²) in [5.74, 6) is 1.06. The van der Waals surface area contributed by atoms with Crippen LogP contribution in [0, 0.1) is 6.92 Å². The van der Waals surface area contributed by atoms with Gasteiger partial charge in [-0.1, -0.05) is 0 Å². The van der Waals surface area contributed by atoms with Gasteiger partial charge in [-0.15, -0.1) is 0 Å². The lowest BCUT2D eigenvalue weighted by atomic mass is 9.94. The molecule has 1 amide bonds. The largest absolute Gasteiger partial charge is 0.348 e. The first-order valence-electron chi connectivity index (χ1n) is 7.47. The fourth-order valence-electron chi connectivity index (χ4n) is 2.81. The van der Waals surface area contributed by atoms with Crippen LogP contribution in [0.5, 0.6) is 0 Å². The average molecular weight is 274 g/mol. The minimum absolute atomic E-state index is 0.0524. The first-order chi connectivity index (χ1) is 9.61. The van der Waals surface area contributed by atoms with Crippen molar-refractivity contribution in [2.24, 2.45) is 0 Å². The van der Waals surface area contributed by atoms with Crippen LogP contribution in [0.25, 0.3) is 0 Å². The molecule has 0 radical (unpaired) electrons. The molecule has 3 rings (SSSR count). The molecule has 108 valence electrons. The van der Waals surface area contributed by atoms with Crippen LogP contribution in [-0.2, 0) is 0 Å². The van der Waals surface area contributed by atoms with E-state index in [1.54, 1.807) is 0 Å². The van der Waals surface area contributed by atoms with Gasteiger partial charge in [-0.25, -0.2) is 9.97 Å². The van der Waals surface area contributed by atoms with Gasteiger partial charge in [0.25, 0.3) is 5.91 Å². The van der Waals surface area contributed by atoms with Crippen LogP contribution in [-0.4, -0.2) is 47.0 Å². The zero-order chi connectivity index (χ0) is 14.1. The maximum Gasteiger partial charge on any atom is 0.270 e. The lowest BCUT2D eigenvalue weighted by molar-refractivity contribution is 0.0945. The maximum atomic E-state index is 12.1. The van der Waals surface area contributed by atoms with Crippen LogP contribution in [0.1, 0.15) is 53.6 Å². The molecule has 20 heavy (non-hydrogen) atoms. The Hall–Kier alpha value is -1.49. The normalized spacial score (nSPS) is 23.6. The van der Waals surface area contributed by atoms with E-state index in [-0.39, 0.29) is 5.91 Å². The van der Waals surface area contributed by atoms with Gasteiger partial charge >= 0.3 is 0 Å². The highest BCUT2D eigenvalue weighted by Gasteiger charge is 2.26. The summed E-state index contributed by atoms with van der Waals surface area (Å²) in [5.41, 5.74) is 1.54. The van der Waals surface area contributed by atoms with Crippen molar-refractivity contribution in [1.29, 1.82) is 0 Å². The fourth-order valence-corrected chi connectivity index (χ4v) is 2.81. The number of nitrogens with one attached hydrogen (secondary N) is 1. The lowest BCUT2D eigenvalue weighted by Gasteiger charge is -2.29. The molecule has 1 N–H and O–H groups in total. The summed E-state index contributed by atoms with van der Waals surface area (Å²) < 4.78 is 0. The standard InChI is InChI=1S/C15H22N4O/c1-10-16-13(11-4-3-7-19(2)9-11)8-14(17-10)15(20)18-12-5-6-12/h8,11-12H,3-7,9H2,1-2H3,(H,18,20). The number of likely N-dealkylation sites (tertiary alicyclic amines) is 1. The Morgan fingerprint density at radius 2 is 2.15 bits per heavy atom. The summed E-state index contributed by atoms with van der Waals surface area (Å²) >= 11 is 0. The molecule has 5 nitrogen and oxygen atoms in total. The van der Waals surface area contributed by atoms with Crippen molar-refractivity contribution in [2.75, 3.05) is 20.1 Å². The van der Waals surface area contributed by atoms with Gasteiger partial charge in [0, 0.05) is 24.2 Å². The van der Waals surface area contributed by atoms with Gasteiger partial charge in [-0.3, -0.25) is 4.79 Å². The second-order valence-electron chi connectivity index (χ2n) is 6.07. The molecule has 1 aliphatic carbocycles. The predicted octanol–water partition coefficient (Wildman–Crippen LogP) is 1.49. The monoisotopic (exact) mass is 274 g/mol. The van der Waals surface area contributed by atoms with Crippen LogP contribution >= 0.6 is 0 Å². The van der Waals surface area contributed by atoms with Crippen molar-refractivity contribution in [3.8, 4) is 0 Å². The van der Waals surface area contributed by atoms with E-state index in [1.165, 1.54) is 6.42 Å². The Morgan fingerprint density at radius 3 is 2.85 bits per heavy atom. The van der Waals surface area contributed by atoms with Crippen molar-refractivity contribution in [3.63, 3.8) is 0 Å². The molecule has 5 heteroatoms. The predicted molar refractivity (Wildman–Crippen MR) is 76.7 cm³/mol. The van der Waals surface area contributed by atoms with E-state index in [0.717, 1.165) is 38.0 Å². The Kier molecular flexibility index (Phi) is 3.70. The van der Waals surface area contributed by atoms with E-state index < -0.39 is 0 Å². The van der Waals surface area contributed by atoms with Gasteiger partial charge in [-0.05, 0) is 52.3 Å². The number of aromatic nitrogens is 2. The number of rotatable bonds is 3. The fraction of sp³-hybridized carbons (Fsp3) is 0.667. The highest BCUT2D eigenvalue weighted by atomic mass is 16.2. The number of hydrogen-bond donors (Lipinski definition) is 1. The second kappa shape index (κ2) is 5.48. The number of likely N-dealkylation sites (N-methyl/N-ethyl adjacent to an activating group) is 1. The summed E-state index contributed by atoms with van der Waals surface area (Å²) in [5, 5.41) is 3.00. The Balaban J connectivity index is 1.79. The van der Waals surface area contributed by atoms with Crippen LogP contribution in [0.3, 0.4) is 0 Å². The number of carbonyl (C=O) groups is 1. The number of amides is 1. The Morgan fingerprint density at radius 1 is 1.35 bits per heavy atom. The van der Waals surface area contributed by atoms with Crippen LogP contribution in [0.15, 0.2) is 6.07 Å². The third-order valence-electron chi connectivity index (χ3n) is 4.05. The summed E-state index contributed by atoms with van der Waals surface area (Å²) in [4.78, 5) is 23.3. The molecule has 1 aromatic rings. The minimum atomic E-state index is -0.0524. The molecule has 1 saturated carbocycles. The van der Waals surface area contributed by atoms with Gasteiger partial charge in [0.15, 0.2) is 0 Å². The quantitative estimate of drug-likeness (QED) is 0.907. The highest BCUT2D eigenvalue weighted by Crippen LogP contribution is 2.25. The average Bonchev–Trinajstić information content (AvgIpc) is 3.22. The molecule has 1 atom stereocenters. The SMILES string of the molecule is Cc1nc(C(=O)NC2CC2)cc(C2CCCN(C)C2)n1. The molecule has 2 heterocycles. The molecule has 2 fully saturated rings. The number of piperidine rings is 1. The van der Waals surface area contributed by atoms with Crippen molar-refractivity contribution in [3.05, 3.63) is 23.3 Å². The third-order valence-corrected chi connectivity index (χ3v) is 4.05. The number of nitrogens with zero attached hydrogens (tertiary/aromatic N) is 3. The van der Waals surface area contributed by atoms with Gasteiger partial charge in [0.2, 0.25) is 0 Å². The van der Waals surface area contributed by atoms with Gasteiger partial charge in [0.05, 0.1) is 0 Å². The molecule has 0 aromatic carbocycles. The van der Waals surface area contributed by atoms with E-state index in [2.05, 4.69) is 27.2 Å². The van der Waals surface area contributed by atoms with Crippen LogP contribution < -0.4 is 5.32 Å². The molecular formula is C15H22N4O. The highest BCUT2D eigenvalue weighted by molar-refractivity contribution is 5.92. The van der Waals surface area contributed by atoms with E-state index >= 15 is 0 Å². The Bertz CT molecular complexity index is 513. The molecule has 1 saturated heterocycles. The van der Waals surface area contributed by atoms with E-state index in [4.69, 9.17) is 0 Å². The van der Waals surface area contributed by atoms with Crippen LogP contribution in [0.2, 0.25) is 0 Å². The summed E-state index contributed by atoms with van der Waals surface area (Å²) in [7, 11) is 2.14. The number of aryl methyl sites for hydroxylation is 1. The first kappa shape index (κ1) is 13.5. The molecule has 0 spiro atoms. The Labute approximate surface area is 119 Å². The van der Waals surface area contributed by atoms with Crippen LogP contribution in [0.4, 0.5) is 0 Å². The third kappa shape index (κ3) is 3.15. The molecule has 2 aliphatic rings. The smallest absolute Gasteiger partial charge is 0.270 e. The maximum absolute atomic E-state index is 12.1. The van der Waals surface area contributed by atoms with Gasteiger partial charge in [-0.2, -0.15) is 0 Å². The van der Waals surface area contributed by atoms with E-state index in [0.29, 0.717) is 23.5 Å². The second-order valence-corrected chi connectivity index (χ2v) is 6.07. The molecule has 1 unspecified atom stereocenters. The van der Waals surface area contributed by atoms with E-state index in [9.17, 15) is 4.79 Å². The number of hydrogen-bond acceptors (Lipinski definition) is 4. The minimum Gasteiger partial charge on any atom is -0.348 e. The summed E-state index contributed by atoms with van der Waals surface area (Å²) in [6.45, 7) is 4.03. The first-order valence-corrected chi connectivity index (χ1v) is 7.47.